The molecule has 2 aromatic carbocycles. The zero-order valence-electron chi connectivity index (χ0n) is 17.9. The Morgan fingerprint density at radius 2 is 1.88 bits per heavy atom. The molecule has 1 aliphatic rings. The van der Waals surface area contributed by atoms with Crippen LogP contribution >= 0.6 is 11.3 Å². The highest BCUT2D eigenvalue weighted by Crippen LogP contribution is 2.24. The van der Waals surface area contributed by atoms with Crippen LogP contribution in [0.5, 0.6) is 0 Å². The molecular formula is C23H24N4O3S2. The lowest BCUT2D eigenvalue weighted by atomic mass is 10.2. The van der Waals surface area contributed by atoms with E-state index in [0.717, 1.165) is 23.5 Å². The van der Waals surface area contributed by atoms with Crippen molar-refractivity contribution in [1.29, 1.82) is 0 Å². The standard InChI is InChI=1S/C23H24N4O3S2/c1-16-5-7-17(8-6-16)23-25-19(15-31-23)14-22(28)24-18-9-11-20(12-10-18)32(29,30)26-21-4-3-13-27(21)2/h5-12,15H,3-4,13-14H2,1-2H3,(H,24,28). The van der Waals surface area contributed by atoms with Gasteiger partial charge in [-0.15, -0.1) is 15.7 Å². The third kappa shape index (κ3) is 5.23. The molecule has 0 unspecified atom stereocenters. The molecule has 2 heterocycles. The van der Waals surface area contributed by atoms with Gasteiger partial charge in [-0.25, -0.2) is 4.98 Å². The molecule has 3 aromatic rings. The first-order chi connectivity index (χ1) is 15.3. The number of nitrogens with zero attached hydrogens (tertiary/aromatic N) is 3. The summed E-state index contributed by atoms with van der Waals surface area (Å²) in [5, 5.41) is 5.54. The average Bonchev–Trinajstić information content (AvgIpc) is 3.38. The van der Waals surface area contributed by atoms with E-state index in [9.17, 15) is 13.2 Å². The van der Waals surface area contributed by atoms with Gasteiger partial charge >= 0.3 is 0 Å². The molecule has 1 N–H and O–H groups in total. The first-order valence-electron chi connectivity index (χ1n) is 10.3. The smallest absolute Gasteiger partial charge is 0.283 e. The number of hydrogen-bond donors (Lipinski definition) is 1. The van der Waals surface area contributed by atoms with Gasteiger partial charge in [-0.3, -0.25) is 4.79 Å². The van der Waals surface area contributed by atoms with E-state index in [-0.39, 0.29) is 17.2 Å². The fraction of sp³-hybridized carbons (Fsp3) is 0.261. The van der Waals surface area contributed by atoms with Gasteiger partial charge in [0.05, 0.1) is 17.0 Å². The van der Waals surface area contributed by atoms with Crippen molar-refractivity contribution in [2.45, 2.75) is 31.1 Å². The van der Waals surface area contributed by atoms with Crippen LogP contribution in [0.25, 0.3) is 10.6 Å². The van der Waals surface area contributed by atoms with E-state index in [0.29, 0.717) is 23.6 Å². The number of rotatable bonds is 6. The largest absolute Gasteiger partial charge is 0.362 e. The number of sulfonamides is 1. The van der Waals surface area contributed by atoms with Crippen LogP contribution in [-0.2, 0) is 21.2 Å². The fourth-order valence-electron chi connectivity index (χ4n) is 3.40. The van der Waals surface area contributed by atoms with Crippen LogP contribution in [0, 0.1) is 6.92 Å². The molecule has 0 aliphatic carbocycles. The van der Waals surface area contributed by atoms with Gasteiger partial charge in [0.1, 0.15) is 10.8 Å². The van der Waals surface area contributed by atoms with Gasteiger partial charge in [0, 0.05) is 36.6 Å². The Morgan fingerprint density at radius 3 is 2.53 bits per heavy atom. The number of anilines is 1. The Kier molecular flexibility index (Phi) is 6.38. The molecule has 0 spiro atoms. The lowest BCUT2D eigenvalue weighted by Crippen LogP contribution is -2.20. The zero-order valence-corrected chi connectivity index (χ0v) is 19.5. The fourth-order valence-corrected chi connectivity index (χ4v) is 5.32. The molecule has 0 atom stereocenters. The predicted molar refractivity (Wildman–Crippen MR) is 128 cm³/mol. The van der Waals surface area contributed by atoms with Crippen molar-refractivity contribution >= 4 is 38.8 Å². The second-order valence-electron chi connectivity index (χ2n) is 7.77. The minimum atomic E-state index is -3.77. The zero-order chi connectivity index (χ0) is 22.7. The van der Waals surface area contributed by atoms with Crippen LogP contribution in [-0.4, -0.2) is 43.6 Å². The maximum Gasteiger partial charge on any atom is 0.283 e. The maximum absolute atomic E-state index is 12.5. The number of nitrogens with one attached hydrogen (secondary N) is 1. The van der Waals surface area contributed by atoms with Crippen LogP contribution in [0.15, 0.2) is 63.2 Å². The number of aromatic nitrogens is 1. The van der Waals surface area contributed by atoms with E-state index in [4.69, 9.17) is 0 Å². The summed E-state index contributed by atoms with van der Waals surface area (Å²) < 4.78 is 29.0. The summed E-state index contributed by atoms with van der Waals surface area (Å²) in [6, 6.07) is 14.2. The number of amidine groups is 1. The Morgan fingerprint density at radius 1 is 1.16 bits per heavy atom. The number of benzene rings is 2. The number of hydrogen-bond acceptors (Lipinski definition) is 5. The second-order valence-corrected chi connectivity index (χ2v) is 10.2. The van der Waals surface area contributed by atoms with Gasteiger partial charge < -0.3 is 10.2 Å². The monoisotopic (exact) mass is 468 g/mol. The molecule has 9 heteroatoms. The summed E-state index contributed by atoms with van der Waals surface area (Å²) in [6.07, 6.45) is 1.70. The topological polar surface area (TPSA) is 91.7 Å². The van der Waals surface area contributed by atoms with E-state index >= 15 is 0 Å². The Labute approximate surface area is 191 Å². The van der Waals surface area contributed by atoms with Crippen molar-refractivity contribution in [3.63, 3.8) is 0 Å². The summed E-state index contributed by atoms with van der Waals surface area (Å²) in [6.45, 7) is 2.84. The lowest BCUT2D eigenvalue weighted by molar-refractivity contribution is -0.115. The number of amides is 1. The first kappa shape index (κ1) is 22.2. The summed E-state index contributed by atoms with van der Waals surface area (Å²) >= 11 is 1.50. The number of aryl methyl sites for hydroxylation is 1. The number of carbonyl (C=O) groups is 1. The summed E-state index contributed by atoms with van der Waals surface area (Å²) in [5.74, 6) is 0.366. The number of carbonyl (C=O) groups excluding carboxylic acids is 1. The van der Waals surface area contributed by atoms with Gasteiger partial charge in [0.15, 0.2) is 0 Å². The highest BCUT2D eigenvalue weighted by molar-refractivity contribution is 7.90. The van der Waals surface area contributed by atoms with Crippen LogP contribution in [0.1, 0.15) is 24.1 Å². The number of thiazole rings is 1. The molecule has 1 aromatic heterocycles. The molecule has 1 fully saturated rings. The molecule has 1 amide bonds. The quantitative estimate of drug-likeness (QED) is 0.588. The van der Waals surface area contributed by atoms with E-state index in [1.165, 1.54) is 29.0 Å². The van der Waals surface area contributed by atoms with Crippen molar-refractivity contribution in [1.82, 2.24) is 9.88 Å². The Balaban J connectivity index is 1.38. The summed E-state index contributed by atoms with van der Waals surface area (Å²) in [4.78, 5) is 18.9. The highest BCUT2D eigenvalue weighted by atomic mass is 32.2. The highest BCUT2D eigenvalue weighted by Gasteiger charge is 2.20. The average molecular weight is 469 g/mol. The SMILES string of the molecule is Cc1ccc(-c2nc(CC(=O)Nc3ccc(S(=O)(=O)N=C4CCCN4C)cc3)cs2)cc1. The Hall–Kier alpha value is -3.04. The van der Waals surface area contributed by atoms with Gasteiger partial charge in [0.2, 0.25) is 5.91 Å². The second kappa shape index (κ2) is 9.22. The predicted octanol–water partition coefficient (Wildman–Crippen LogP) is 4.11. The summed E-state index contributed by atoms with van der Waals surface area (Å²) in [7, 11) is -1.93. The molecule has 0 saturated carbocycles. The normalized spacial score (nSPS) is 15.3. The minimum Gasteiger partial charge on any atom is -0.362 e. The molecule has 0 radical (unpaired) electrons. The Bertz CT molecular complexity index is 1250. The van der Waals surface area contributed by atoms with Gasteiger partial charge in [-0.05, 0) is 37.6 Å². The molecule has 1 aliphatic heterocycles. The van der Waals surface area contributed by atoms with Crippen LogP contribution < -0.4 is 5.32 Å². The minimum absolute atomic E-state index is 0.102. The van der Waals surface area contributed by atoms with Gasteiger partial charge in [0.25, 0.3) is 10.0 Å². The maximum atomic E-state index is 12.5. The lowest BCUT2D eigenvalue weighted by Gasteiger charge is -2.11. The van der Waals surface area contributed by atoms with Gasteiger partial charge in [-0.2, -0.15) is 8.42 Å². The van der Waals surface area contributed by atoms with Crippen molar-refractivity contribution in [2.24, 2.45) is 4.40 Å². The van der Waals surface area contributed by atoms with Crippen molar-refractivity contribution in [3.8, 4) is 10.6 Å². The van der Waals surface area contributed by atoms with Crippen molar-refractivity contribution in [3.05, 3.63) is 65.2 Å². The van der Waals surface area contributed by atoms with Crippen LogP contribution in [0.2, 0.25) is 0 Å². The third-order valence-corrected chi connectivity index (χ3v) is 7.45. The van der Waals surface area contributed by atoms with Crippen LogP contribution in [0.4, 0.5) is 5.69 Å². The number of likely N-dealkylation sites (tertiary alicyclic amines) is 1. The third-order valence-electron chi connectivity index (χ3n) is 5.19. The molecule has 4 rings (SSSR count). The molecule has 32 heavy (non-hydrogen) atoms. The van der Waals surface area contributed by atoms with Crippen molar-refractivity contribution < 1.29 is 13.2 Å². The van der Waals surface area contributed by atoms with E-state index in [2.05, 4.69) is 14.7 Å². The van der Waals surface area contributed by atoms with E-state index in [1.807, 2.05) is 48.5 Å². The van der Waals surface area contributed by atoms with E-state index in [1.54, 1.807) is 12.1 Å². The molecule has 0 bridgehead atoms. The van der Waals surface area contributed by atoms with Gasteiger partial charge in [-0.1, -0.05) is 29.8 Å². The molecule has 7 nitrogen and oxygen atoms in total. The van der Waals surface area contributed by atoms with E-state index < -0.39 is 10.0 Å². The first-order valence-corrected chi connectivity index (χ1v) is 12.6. The van der Waals surface area contributed by atoms with Crippen molar-refractivity contribution in [2.75, 3.05) is 18.9 Å². The summed E-state index contributed by atoms with van der Waals surface area (Å²) in [5.41, 5.74) is 3.42. The van der Waals surface area contributed by atoms with Crippen LogP contribution in [0.3, 0.4) is 0 Å². The molecule has 166 valence electrons. The molecular weight excluding hydrogens is 444 g/mol. The molecule has 1 saturated heterocycles.